The van der Waals surface area contributed by atoms with Crippen molar-refractivity contribution in [3.8, 4) is 0 Å². The van der Waals surface area contributed by atoms with Gasteiger partial charge in [0.05, 0.1) is 18.3 Å². The molecule has 0 saturated heterocycles. The lowest BCUT2D eigenvalue weighted by molar-refractivity contribution is 0.0551. The van der Waals surface area contributed by atoms with Crippen LogP contribution in [-0.4, -0.2) is 102 Å². The van der Waals surface area contributed by atoms with Gasteiger partial charge in [0.2, 0.25) is 0 Å². The van der Waals surface area contributed by atoms with Crippen LogP contribution in [0.1, 0.15) is 162 Å². The highest BCUT2D eigenvalue weighted by atomic mass is 16.3. The number of unbranched alkanes of at least 4 members (excludes halogenated alkanes) is 17. The SMILES string of the molecule is CCCCCCCCCCCCC(O)CN(CCN(CCN)CCNCC(O)CC)CC(O)CCCCCCCCCCC. The lowest BCUT2D eigenvalue weighted by Gasteiger charge is -2.30. The molecule has 0 aliphatic rings. The highest BCUT2D eigenvalue weighted by Gasteiger charge is 2.17. The molecule has 7 nitrogen and oxygen atoms in total. The summed E-state index contributed by atoms with van der Waals surface area (Å²) < 4.78 is 0. The zero-order valence-corrected chi connectivity index (χ0v) is 30.0. The number of rotatable bonds is 36. The number of hydrogen-bond donors (Lipinski definition) is 5. The Morgan fingerprint density at radius 1 is 0.500 bits per heavy atom. The third-order valence-electron chi connectivity index (χ3n) is 9.10. The van der Waals surface area contributed by atoms with E-state index in [2.05, 4.69) is 29.0 Å². The molecule has 0 aliphatic heterocycles. The predicted molar refractivity (Wildman–Crippen MR) is 191 cm³/mol. The standard InChI is InChI=1S/C37H80N4O3/c1-4-7-9-11-13-15-17-19-21-23-25-37(44)34-41(31-30-40(28-26-38)29-27-39-32-35(42)6-3)33-36(43)24-22-20-18-16-14-12-10-8-5-2/h35-37,39,42-44H,4-34,38H2,1-3H3. The summed E-state index contributed by atoms with van der Waals surface area (Å²) in [5, 5.41) is 35.0. The minimum absolute atomic E-state index is 0.294. The number of aliphatic hydroxyl groups excluding tert-OH is 3. The Hall–Kier alpha value is -0.280. The molecule has 0 heterocycles. The topological polar surface area (TPSA) is 105 Å². The summed E-state index contributed by atoms with van der Waals surface area (Å²) in [6.07, 6.45) is 26.2. The lowest BCUT2D eigenvalue weighted by Crippen LogP contribution is -2.45. The number of aliphatic hydroxyl groups is 3. The van der Waals surface area contributed by atoms with Crippen molar-refractivity contribution in [3.63, 3.8) is 0 Å². The first-order valence-corrected chi connectivity index (χ1v) is 19.4. The van der Waals surface area contributed by atoms with Gasteiger partial charge in [-0.2, -0.15) is 0 Å². The van der Waals surface area contributed by atoms with Gasteiger partial charge in [-0.25, -0.2) is 0 Å². The molecule has 266 valence electrons. The normalized spacial score (nSPS) is 14.1. The van der Waals surface area contributed by atoms with Crippen LogP contribution in [0.4, 0.5) is 0 Å². The van der Waals surface area contributed by atoms with Crippen LogP contribution >= 0.6 is 0 Å². The largest absolute Gasteiger partial charge is 0.392 e. The summed E-state index contributed by atoms with van der Waals surface area (Å²) >= 11 is 0. The van der Waals surface area contributed by atoms with Gasteiger partial charge in [0.25, 0.3) is 0 Å². The second-order valence-electron chi connectivity index (χ2n) is 13.6. The number of nitrogens with two attached hydrogens (primary N) is 1. The zero-order valence-electron chi connectivity index (χ0n) is 30.0. The van der Waals surface area contributed by atoms with E-state index in [1.807, 2.05) is 6.92 Å². The average molecular weight is 629 g/mol. The fourth-order valence-electron chi connectivity index (χ4n) is 6.04. The van der Waals surface area contributed by atoms with E-state index in [1.54, 1.807) is 0 Å². The summed E-state index contributed by atoms with van der Waals surface area (Å²) in [7, 11) is 0. The molecule has 0 aromatic heterocycles. The van der Waals surface area contributed by atoms with E-state index >= 15 is 0 Å². The lowest BCUT2D eigenvalue weighted by atomic mass is 10.0. The van der Waals surface area contributed by atoms with E-state index < -0.39 is 0 Å². The molecule has 0 radical (unpaired) electrons. The molecule has 7 heteroatoms. The molecule has 0 bridgehead atoms. The molecule has 0 aromatic rings. The molecule has 0 spiro atoms. The second-order valence-corrected chi connectivity index (χ2v) is 13.6. The van der Waals surface area contributed by atoms with Crippen LogP contribution in [0.25, 0.3) is 0 Å². The zero-order chi connectivity index (χ0) is 32.5. The predicted octanol–water partition coefficient (Wildman–Crippen LogP) is 6.86. The maximum absolute atomic E-state index is 10.9. The van der Waals surface area contributed by atoms with Crippen LogP contribution in [0.5, 0.6) is 0 Å². The van der Waals surface area contributed by atoms with Gasteiger partial charge in [-0.05, 0) is 19.3 Å². The Balaban J connectivity index is 4.57. The van der Waals surface area contributed by atoms with Gasteiger partial charge >= 0.3 is 0 Å². The Bertz CT molecular complexity index is 557. The van der Waals surface area contributed by atoms with Gasteiger partial charge in [0.1, 0.15) is 0 Å². The van der Waals surface area contributed by atoms with Crippen LogP contribution in [-0.2, 0) is 0 Å². The molecule has 3 unspecified atom stereocenters. The molecular formula is C37H80N4O3. The van der Waals surface area contributed by atoms with Crippen LogP contribution < -0.4 is 11.1 Å². The van der Waals surface area contributed by atoms with Crippen molar-refractivity contribution in [3.05, 3.63) is 0 Å². The van der Waals surface area contributed by atoms with Gasteiger partial charge in [-0.15, -0.1) is 0 Å². The fourth-order valence-corrected chi connectivity index (χ4v) is 6.04. The molecule has 0 rings (SSSR count). The van der Waals surface area contributed by atoms with Gasteiger partial charge in [0, 0.05) is 58.9 Å². The number of hydrogen-bond acceptors (Lipinski definition) is 7. The maximum Gasteiger partial charge on any atom is 0.0667 e. The first-order valence-electron chi connectivity index (χ1n) is 19.4. The summed E-state index contributed by atoms with van der Waals surface area (Å²) in [6.45, 7) is 13.2. The molecule has 0 aromatic carbocycles. The molecule has 0 amide bonds. The van der Waals surface area contributed by atoms with Crippen molar-refractivity contribution in [1.29, 1.82) is 0 Å². The molecule has 44 heavy (non-hydrogen) atoms. The molecule has 0 fully saturated rings. The molecular weight excluding hydrogens is 548 g/mol. The summed E-state index contributed by atoms with van der Waals surface area (Å²) in [5.74, 6) is 0. The first kappa shape index (κ1) is 43.7. The molecule has 0 aliphatic carbocycles. The quantitative estimate of drug-likeness (QED) is 0.0483. The smallest absolute Gasteiger partial charge is 0.0667 e. The van der Waals surface area contributed by atoms with E-state index in [0.29, 0.717) is 26.2 Å². The van der Waals surface area contributed by atoms with Gasteiger partial charge < -0.3 is 26.4 Å². The minimum atomic E-state index is -0.343. The van der Waals surface area contributed by atoms with E-state index in [1.165, 1.54) is 109 Å². The van der Waals surface area contributed by atoms with Crippen molar-refractivity contribution in [1.82, 2.24) is 15.1 Å². The van der Waals surface area contributed by atoms with Crippen molar-refractivity contribution >= 4 is 0 Å². The molecule has 6 N–H and O–H groups in total. The average Bonchev–Trinajstić information content (AvgIpc) is 3.01. The third kappa shape index (κ3) is 30.4. The Labute approximate surface area is 275 Å². The van der Waals surface area contributed by atoms with Gasteiger partial charge in [-0.1, -0.05) is 143 Å². The number of nitrogens with zero attached hydrogens (tertiary/aromatic N) is 2. The van der Waals surface area contributed by atoms with E-state index in [4.69, 9.17) is 5.73 Å². The third-order valence-corrected chi connectivity index (χ3v) is 9.10. The summed E-state index contributed by atoms with van der Waals surface area (Å²) in [6, 6.07) is 0. The van der Waals surface area contributed by atoms with Crippen LogP contribution in [0.3, 0.4) is 0 Å². The number of nitrogens with one attached hydrogen (secondary N) is 1. The monoisotopic (exact) mass is 629 g/mol. The van der Waals surface area contributed by atoms with Crippen molar-refractivity contribution < 1.29 is 15.3 Å². The van der Waals surface area contributed by atoms with Crippen LogP contribution in [0.15, 0.2) is 0 Å². The van der Waals surface area contributed by atoms with E-state index in [9.17, 15) is 15.3 Å². The van der Waals surface area contributed by atoms with Gasteiger partial charge in [-0.3, -0.25) is 9.80 Å². The van der Waals surface area contributed by atoms with Gasteiger partial charge in [0.15, 0.2) is 0 Å². The molecule has 0 saturated carbocycles. The highest BCUT2D eigenvalue weighted by molar-refractivity contribution is 4.73. The first-order chi connectivity index (χ1) is 21.5. The second kappa shape index (κ2) is 34.1. The highest BCUT2D eigenvalue weighted by Crippen LogP contribution is 2.14. The summed E-state index contributed by atoms with van der Waals surface area (Å²) in [5.41, 5.74) is 5.92. The van der Waals surface area contributed by atoms with Crippen molar-refractivity contribution in [2.45, 2.75) is 180 Å². The van der Waals surface area contributed by atoms with Crippen molar-refractivity contribution in [2.75, 3.05) is 58.9 Å². The molecule has 3 atom stereocenters. The van der Waals surface area contributed by atoms with Crippen LogP contribution in [0, 0.1) is 0 Å². The Kier molecular flexibility index (Phi) is 33.8. The Morgan fingerprint density at radius 3 is 1.32 bits per heavy atom. The van der Waals surface area contributed by atoms with E-state index in [-0.39, 0.29) is 18.3 Å². The van der Waals surface area contributed by atoms with Crippen LogP contribution in [0.2, 0.25) is 0 Å². The minimum Gasteiger partial charge on any atom is -0.392 e. The maximum atomic E-state index is 10.9. The Morgan fingerprint density at radius 2 is 0.909 bits per heavy atom. The van der Waals surface area contributed by atoms with Crippen molar-refractivity contribution in [2.24, 2.45) is 5.73 Å². The fraction of sp³-hybridized carbons (Fsp3) is 1.00. The summed E-state index contributed by atoms with van der Waals surface area (Å²) in [4.78, 5) is 4.65. The van der Waals surface area contributed by atoms with E-state index in [0.717, 1.165) is 64.8 Å².